The lowest BCUT2D eigenvalue weighted by Crippen LogP contribution is -2.40. The zero-order chi connectivity index (χ0) is 13.7. The molecule has 0 heterocycles. The van der Waals surface area contributed by atoms with Gasteiger partial charge in [-0.3, -0.25) is 4.79 Å². The van der Waals surface area contributed by atoms with Crippen LogP contribution in [0.5, 0.6) is 11.5 Å². The van der Waals surface area contributed by atoms with Gasteiger partial charge in [0.05, 0.1) is 18.2 Å². The quantitative estimate of drug-likeness (QED) is 0.782. The van der Waals surface area contributed by atoms with E-state index >= 15 is 0 Å². The zero-order valence-corrected chi connectivity index (χ0v) is 10.9. The maximum absolute atomic E-state index is 12.3. The van der Waals surface area contributed by atoms with E-state index in [4.69, 9.17) is 4.74 Å². The summed E-state index contributed by atoms with van der Waals surface area (Å²) in [6.45, 7) is 4.63. The molecule has 1 amide bonds. The average molecular weight is 253 g/mol. The molecule has 18 heavy (non-hydrogen) atoms. The molecule has 0 aliphatic rings. The van der Waals surface area contributed by atoms with Crippen molar-refractivity contribution in [2.45, 2.75) is 19.9 Å². The summed E-state index contributed by atoms with van der Waals surface area (Å²) in [5.74, 6) is -1.00. The Labute approximate surface area is 107 Å². The minimum Gasteiger partial charge on any atom is -0.504 e. The number of ether oxygens (including phenoxy) is 1. The Morgan fingerprint density at radius 2 is 2.11 bits per heavy atom. The van der Waals surface area contributed by atoms with E-state index < -0.39 is 0 Å². The monoisotopic (exact) mass is 253 g/mol. The van der Waals surface area contributed by atoms with Gasteiger partial charge in [-0.15, -0.1) is 0 Å². The van der Waals surface area contributed by atoms with Gasteiger partial charge in [-0.25, -0.2) is 0 Å². The minimum absolute atomic E-state index is 0.0970. The van der Waals surface area contributed by atoms with Gasteiger partial charge >= 0.3 is 0 Å². The van der Waals surface area contributed by atoms with Crippen LogP contribution in [-0.4, -0.2) is 47.3 Å². The van der Waals surface area contributed by atoms with Crippen molar-refractivity contribution in [3.05, 3.63) is 23.8 Å². The number of rotatable bonds is 5. The molecule has 1 unspecified atom stereocenters. The van der Waals surface area contributed by atoms with E-state index in [0.29, 0.717) is 13.2 Å². The highest BCUT2D eigenvalue weighted by Crippen LogP contribution is 2.29. The summed E-state index contributed by atoms with van der Waals surface area (Å²) in [6, 6.07) is 4.24. The van der Waals surface area contributed by atoms with Crippen LogP contribution in [0.15, 0.2) is 18.2 Å². The number of amides is 1. The predicted octanol–water partition coefficient (Wildman–Crippen LogP) is 1.59. The van der Waals surface area contributed by atoms with E-state index in [1.807, 2.05) is 13.8 Å². The molecule has 100 valence electrons. The number of methoxy groups -OCH3 is 1. The van der Waals surface area contributed by atoms with Crippen LogP contribution in [0.2, 0.25) is 0 Å². The maximum Gasteiger partial charge on any atom is 0.258 e. The normalized spacial score (nSPS) is 12.2. The first kappa shape index (κ1) is 14.3. The first-order valence-corrected chi connectivity index (χ1v) is 5.83. The fourth-order valence-corrected chi connectivity index (χ4v) is 1.85. The maximum atomic E-state index is 12.3. The largest absolute Gasteiger partial charge is 0.504 e. The molecule has 1 rings (SSSR count). The van der Waals surface area contributed by atoms with E-state index in [0.717, 1.165) is 0 Å². The molecule has 0 bridgehead atoms. The molecular formula is C13H19NO4. The second kappa shape index (κ2) is 6.26. The minimum atomic E-state index is -0.384. The van der Waals surface area contributed by atoms with E-state index in [1.165, 1.54) is 18.2 Å². The number of nitrogens with zero attached hydrogens (tertiary/aromatic N) is 1. The SMILES string of the molecule is CCN(C(=O)c1cccc(O)c1O)C(C)COC. The van der Waals surface area contributed by atoms with Gasteiger partial charge in [0.15, 0.2) is 11.5 Å². The molecule has 0 spiro atoms. The third kappa shape index (κ3) is 2.92. The predicted molar refractivity (Wildman–Crippen MR) is 67.8 cm³/mol. The van der Waals surface area contributed by atoms with Gasteiger partial charge < -0.3 is 19.8 Å². The third-order valence-electron chi connectivity index (χ3n) is 2.79. The number of hydrogen-bond donors (Lipinski definition) is 2. The first-order valence-electron chi connectivity index (χ1n) is 5.83. The fraction of sp³-hybridized carbons (Fsp3) is 0.462. The molecule has 1 aromatic rings. The van der Waals surface area contributed by atoms with Gasteiger partial charge in [-0.05, 0) is 26.0 Å². The summed E-state index contributed by atoms with van der Waals surface area (Å²) >= 11 is 0. The van der Waals surface area contributed by atoms with E-state index in [1.54, 1.807) is 12.0 Å². The summed E-state index contributed by atoms with van der Waals surface area (Å²) < 4.78 is 5.02. The number of phenols is 2. The van der Waals surface area contributed by atoms with Crippen molar-refractivity contribution in [2.75, 3.05) is 20.3 Å². The summed E-state index contributed by atoms with van der Waals surface area (Å²) in [4.78, 5) is 13.8. The van der Waals surface area contributed by atoms with Crippen molar-refractivity contribution < 1.29 is 19.7 Å². The van der Waals surface area contributed by atoms with Crippen LogP contribution in [0.1, 0.15) is 24.2 Å². The molecule has 5 heteroatoms. The van der Waals surface area contributed by atoms with Gasteiger partial charge in [-0.1, -0.05) is 6.07 Å². The van der Waals surface area contributed by atoms with Crippen molar-refractivity contribution in [3.8, 4) is 11.5 Å². The number of carbonyl (C=O) groups is 1. The standard InChI is InChI=1S/C13H19NO4/c1-4-14(9(2)8-18-3)13(17)10-6-5-7-11(15)12(10)16/h5-7,9,15-16H,4,8H2,1-3H3. The number of benzene rings is 1. The van der Waals surface area contributed by atoms with Crippen molar-refractivity contribution in [1.29, 1.82) is 0 Å². The van der Waals surface area contributed by atoms with E-state index in [-0.39, 0.29) is 29.0 Å². The summed E-state index contributed by atoms with van der Waals surface area (Å²) in [6.07, 6.45) is 0. The molecule has 1 aromatic carbocycles. The van der Waals surface area contributed by atoms with Gasteiger partial charge in [0.1, 0.15) is 0 Å². The Morgan fingerprint density at radius 1 is 1.44 bits per heavy atom. The second-order valence-corrected chi connectivity index (χ2v) is 4.07. The number of phenolic OH excluding ortho intramolecular Hbond substituents is 2. The van der Waals surface area contributed by atoms with Gasteiger partial charge in [0.2, 0.25) is 0 Å². The molecule has 0 saturated carbocycles. The summed E-state index contributed by atoms with van der Waals surface area (Å²) in [5, 5.41) is 19.1. The third-order valence-corrected chi connectivity index (χ3v) is 2.79. The number of para-hydroxylation sites is 1. The Morgan fingerprint density at radius 3 is 2.67 bits per heavy atom. The summed E-state index contributed by atoms with van der Waals surface area (Å²) in [7, 11) is 1.57. The number of carbonyl (C=O) groups excluding carboxylic acids is 1. The fourth-order valence-electron chi connectivity index (χ4n) is 1.85. The van der Waals surface area contributed by atoms with Crippen molar-refractivity contribution in [3.63, 3.8) is 0 Å². The molecule has 1 atom stereocenters. The highest BCUT2D eigenvalue weighted by atomic mass is 16.5. The van der Waals surface area contributed by atoms with Gasteiger partial charge in [0.25, 0.3) is 5.91 Å². The number of likely N-dealkylation sites (N-methyl/N-ethyl adjacent to an activating group) is 1. The lowest BCUT2D eigenvalue weighted by atomic mass is 10.1. The first-order chi connectivity index (χ1) is 8.52. The molecule has 0 aliphatic carbocycles. The lowest BCUT2D eigenvalue weighted by Gasteiger charge is -2.27. The topological polar surface area (TPSA) is 70.0 Å². The highest BCUT2D eigenvalue weighted by Gasteiger charge is 2.23. The van der Waals surface area contributed by atoms with Crippen LogP contribution in [0, 0.1) is 0 Å². The van der Waals surface area contributed by atoms with Crippen LogP contribution in [0.3, 0.4) is 0 Å². The molecule has 2 N–H and O–H groups in total. The van der Waals surface area contributed by atoms with Crippen LogP contribution in [-0.2, 0) is 4.74 Å². The molecule has 0 aliphatic heterocycles. The van der Waals surface area contributed by atoms with E-state index in [9.17, 15) is 15.0 Å². The summed E-state index contributed by atoms with van der Waals surface area (Å²) in [5.41, 5.74) is 0.0970. The lowest BCUT2D eigenvalue weighted by molar-refractivity contribution is 0.0576. The van der Waals surface area contributed by atoms with Gasteiger partial charge in [0, 0.05) is 13.7 Å². The molecule has 5 nitrogen and oxygen atoms in total. The van der Waals surface area contributed by atoms with Gasteiger partial charge in [-0.2, -0.15) is 0 Å². The van der Waals surface area contributed by atoms with Crippen molar-refractivity contribution >= 4 is 5.91 Å². The molecular weight excluding hydrogens is 234 g/mol. The highest BCUT2D eigenvalue weighted by molar-refractivity contribution is 5.97. The molecule has 0 aromatic heterocycles. The van der Waals surface area contributed by atoms with Crippen molar-refractivity contribution in [1.82, 2.24) is 4.90 Å². The zero-order valence-electron chi connectivity index (χ0n) is 10.9. The molecule has 0 radical (unpaired) electrons. The van der Waals surface area contributed by atoms with Crippen LogP contribution in [0.25, 0.3) is 0 Å². The van der Waals surface area contributed by atoms with Crippen LogP contribution >= 0.6 is 0 Å². The molecule has 0 saturated heterocycles. The number of aromatic hydroxyl groups is 2. The Hall–Kier alpha value is -1.75. The van der Waals surface area contributed by atoms with E-state index in [2.05, 4.69) is 0 Å². The Bertz CT molecular complexity index is 419. The van der Waals surface area contributed by atoms with Crippen LogP contribution in [0.4, 0.5) is 0 Å². The second-order valence-electron chi connectivity index (χ2n) is 4.07. The van der Waals surface area contributed by atoms with Crippen LogP contribution < -0.4 is 0 Å². The molecule has 0 fully saturated rings. The Kier molecular flexibility index (Phi) is 4.97. The Balaban J connectivity index is 3.00. The number of hydrogen-bond acceptors (Lipinski definition) is 4. The smallest absolute Gasteiger partial charge is 0.258 e. The van der Waals surface area contributed by atoms with Crippen molar-refractivity contribution in [2.24, 2.45) is 0 Å². The average Bonchev–Trinajstić information content (AvgIpc) is 2.33.